The van der Waals surface area contributed by atoms with Gasteiger partial charge in [-0.1, -0.05) is 42.7 Å². The number of aryl methyl sites for hydroxylation is 1. The van der Waals surface area contributed by atoms with Crippen molar-refractivity contribution in [3.63, 3.8) is 0 Å². The Labute approximate surface area is 157 Å². The largest absolute Gasteiger partial charge is 0.481 e. The van der Waals surface area contributed by atoms with Crippen LogP contribution >= 0.6 is 11.3 Å². The van der Waals surface area contributed by atoms with Crippen LogP contribution in [-0.4, -0.2) is 27.5 Å². The topological polar surface area (TPSA) is 79.3 Å². The molecule has 6 heteroatoms. The minimum Gasteiger partial charge on any atom is -0.481 e. The predicted octanol–water partition coefficient (Wildman–Crippen LogP) is 3.81. The van der Waals surface area contributed by atoms with E-state index >= 15 is 0 Å². The van der Waals surface area contributed by atoms with Crippen LogP contribution in [0.25, 0.3) is 10.6 Å². The van der Waals surface area contributed by atoms with E-state index in [0.717, 1.165) is 23.4 Å². The summed E-state index contributed by atoms with van der Waals surface area (Å²) in [5.74, 6) is -1.53. The molecule has 0 aliphatic heterocycles. The maximum Gasteiger partial charge on any atom is 0.308 e. The molecule has 2 N–H and O–H groups in total. The van der Waals surface area contributed by atoms with Crippen molar-refractivity contribution >= 4 is 23.2 Å². The lowest BCUT2D eigenvalue weighted by molar-refractivity contribution is -0.146. The number of nitrogens with zero attached hydrogens (tertiary/aromatic N) is 1. The zero-order chi connectivity index (χ0) is 18.7. The lowest BCUT2D eigenvalue weighted by atomic mass is 9.74. The summed E-state index contributed by atoms with van der Waals surface area (Å²) in [5, 5.41) is 15.2. The molecule has 2 atom stereocenters. The number of amides is 1. The molecule has 1 aliphatic carbocycles. The van der Waals surface area contributed by atoms with E-state index in [9.17, 15) is 14.7 Å². The molecule has 0 radical (unpaired) electrons. The summed E-state index contributed by atoms with van der Waals surface area (Å²) in [6, 6.07) is 8.13. The fraction of sp³-hybridized carbons (Fsp3) is 0.450. The van der Waals surface area contributed by atoms with Crippen molar-refractivity contribution in [2.45, 2.75) is 51.5 Å². The van der Waals surface area contributed by atoms with Crippen LogP contribution in [0.15, 0.2) is 29.6 Å². The fourth-order valence-electron chi connectivity index (χ4n) is 3.62. The summed E-state index contributed by atoms with van der Waals surface area (Å²) in [7, 11) is 0. The molecule has 1 fully saturated rings. The average molecular weight is 372 g/mol. The second-order valence-corrected chi connectivity index (χ2v) is 8.15. The van der Waals surface area contributed by atoms with Crippen molar-refractivity contribution in [3.8, 4) is 10.6 Å². The monoisotopic (exact) mass is 372 g/mol. The summed E-state index contributed by atoms with van der Waals surface area (Å²) in [6.07, 6.45) is 3.31. The smallest absolute Gasteiger partial charge is 0.308 e. The van der Waals surface area contributed by atoms with Gasteiger partial charge in [0.05, 0.1) is 23.6 Å². The molecular weight excluding hydrogens is 348 g/mol. The van der Waals surface area contributed by atoms with E-state index in [0.29, 0.717) is 18.5 Å². The molecule has 1 saturated carbocycles. The average Bonchev–Trinajstić information content (AvgIpc) is 3.03. The molecule has 1 aliphatic rings. The Hall–Kier alpha value is -2.21. The van der Waals surface area contributed by atoms with Gasteiger partial charge >= 0.3 is 5.97 Å². The van der Waals surface area contributed by atoms with Crippen LogP contribution in [0.4, 0.5) is 0 Å². The molecule has 138 valence electrons. The van der Waals surface area contributed by atoms with Crippen LogP contribution in [0.2, 0.25) is 0 Å². The number of carboxylic acids is 1. The Morgan fingerprint density at radius 1 is 1.31 bits per heavy atom. The van der Waals surface area contributed by atoms with Gasteiger partial charge in [0.1, 0.15) is 5.01 Å². The molecule has 1 aromatic carbocycles. The molecule has 1 amide bonds. The Kier molecular flexibility index (Phi) is 5.41. The number of nitrogens with one attached hydrogen (secondary N) is 1. The highest BCUT2D eigenvalue weighted by Gasteiger charge is 2.42. The highest BCUT2D eigenvalue weighted by Crippen LogP contribution is 2.34. The molecule has 26 heavy (non-hydrogen) atoms. The number of hydrogen-bond acceptors (Lipinski definition) is 4. The molecule has 1 aromatic heterocycles. The van der Waals surface area contributed by atoms with Gasteiger partial charge in [-0.3, -0.25) is 9.59 Å². The van der Waals surface area contributed by atoms with Crippen LogP contribution in [0, 0.1) is 12.8 Å². The van der Waals surface area contributed by atoms with E-state index < -0.39 is 17.4 Å². The number of benzene rings is 1. The molecular formula is C20H24N2O3S. The number of carbonyl (C=O) groups is 2. The van der Waals surface area contributed by atoms with Gasteiger partial charge in [-0.2, -0.15) is 0 Å². The second kappa shape index (κ2) is 7.58. The van der Waals surface area contributed by atoms with Gasteiger partial charge in [-0.15, -0.1) is 11.3 Å². The Balaban J connectivity index is 1.66. The normalized spacial score (nSPS) is 22.8. The zero-order valence-corrected chi connectivity index (χ0v) is 15.9. The zero-order valence-electron chi connectivity index (χ0n) is 15.1. The SMILES string of the molecule is Cc1ccc(-c2nc(CC(=O)NC3(C)CCCCC3C(=O)O)cs2)cc1. The van der Waals surface area contributed by atoms with Gasteiger partial charge in [0.15, 0.2) is 0 Å². The Morgan fingerprint density at radius 2 is 2.04 bits per heavy atom. The minimum absolute atomic E-state index is 0.165. The third kappa shape index (κ3) is 4.12. The maximum atomic E-state index is 12.5. The second-order valence-electron chi connectivity index (χ2n) is 7.29. The molecule has 0 spiro atoms. The molecule has 2 unspecified atom stereocenters. The minimum atomic E-state index is -0.831. The molecule has 1 heterocycles. The van der Waals surface area contributed by atoms with E-state index in [-0.39, 0.29) is 12.3 Å². The van der Waals surface area contributed by atoms with Crippen molar-refractivity contribution < 1.29 is 14.7 Å². The lowest BCUT2D eigenvalue weighted by Crippen LogP contribution is -2.55. The van der Waals surface area contributed by atoms with Gasteiger partial charge in [0.25, 0.3) is 0 Å². The van der Waals surface area contributed by atoms with Gasteiger partial charge in [-0.05, 0) is 26.7 Å². The number of thiazole rings is 1. The lowest BCUT2D eigenvalue weighted by Gasteiger charge is -2.39. The first-order valence-corrected chi connectivity index (χ1v) is 9.80. The molecule has 5 nitrogen and oxygen atoms in total. The van der Waals surface area contributed by atoms with Crippen LogP contribution in [0.3, 0.4) is 0 Å². The third-order valence-corrected chi connectivity index (χ3v) is 6.06. The number of aliphatic carboxylic acids is 1. The third-order valence-electron chi connectivity index (χ3n) is 5.12. The van der Waals surface area contributed by atoms with Crippen molar-refractivity contribution in [3.05, 3.63) is 40.9 Å². The van der Waals surface area contributed by atoms with Gasteiger partial charge in [0.2, 0.25) is 5.91 Å². The van der Waals surface area contributed by atoms with Crippen LogP contribution in [0.5, 0.6) is 0 Å². The van der Waals surface area contributed by atoms with E-state index in [2.05, 4.69) is 10.3 Å². The summed E-state index contributed by atoms with van der Waals surface area (Å²) in [6.45, 7) is 3.89. The van der Waals surface area contributed by atoms with E-state index in [4.69, 9.17) is 0 Å². The maximum absolute atomic E-state index is 12.5. The highest BCUT2D eigenvalue weighted by molar-refractivity contribution is 7.13. The molecule has 0 saturated heterocycles. The molecule has 0 bridgehead atoms. The number of carbonyl (C=O) groups excluding carboxylic acids is 1. The van der Waals surface area contributed by atoms with E-state index in [1.807, 2.05) is 43.5 Å². The Morgan fingerprint density at radius 3 is 2.73 bits per heavy atom. The first kappa shape index (κ1) is 18.6. The number of rotatable bonds is 5. The van der Waals surface area contributed by atoms with Gasteiger partial charge in [0, 0.05) is 10.9 Å². The first-order chi connectivity index (χ1) is 12.4. The quantitative estimate of drug-likeness (QED) is 0.836. The predicted molar refractivity (Wildman–Crippen MR) is 102 cm³/mol. The van der Waals surface area contributed by atoms with Gasteiger partial charge in [-0.25, -0.2) is 4.98 Å². The fourth-order valence-corrected chi connectivity index (χ4v) is 4.45. The summed E-state index contributed by atoms with van der Waals surface area (Å²) >= 11 is 1.52. The summed E-state index contributed by atoms with van der Waals surface area (Å²) in [5.41, 5.74) is 2.27. The highest BCUT2D eigenvalue weighted by atomic mass is 32.1. The first-order valence-electron chi connectivity index (χ1n) is 8.93. The van der Waals surface area contributed by atoms with E-state index in [1.54, 1.807) is 0 Å². The van der Waals surface area contributed by atoms with Crippen molar-refractivity contribution in [1.82, 2.24) is 10.3 Å². The van der Waals surface area contributed by atoms with E-state index in [1.165, 1.54) is 16.9 Å². The van der Waals surface area contributed by atoms with Crippen LogP contribution < -0.4 is 5.32 Å². The van der Waals surface area contributed by atoms with Crippen molar-refractivity contribution in [2.24, 2.45) is 5.92 Å². The Bertz CT molecular complexity index is 800. The summed E-state index contributed by atoms with van der Waals surface area (Å²) < 4.78 is 0. The number of carboxylic acid groups (broad SMARTS) is 1. The number of hydrogen-bond donors (Lipinski definition) is 2. The summed E-state index contributed by atoms with van der Waals surface area (Å²) in [4.78, 5) is 28.6. The van der Waals surface area contributed by atoms with Crippen LogP contribution in [-0.2, 0) is 16.0 Å². The standard InChI is InChI=1S/C20H24N2O3S/c1-13-6-8-14(9-7-13)18-21-15(12-26-18)11-17(23)22-20(2)10-4-3-5-16(20)19(24)25/h6-9,12,16H,3-5,10-11H2,1-2H3,(H,22,23)(H,24,25). The van der Waals surface area contributed by atoms with Crippen molar-refractivity contribution in [1.29, 1.82) is 0 Å². The molecule has 2 aromatic rings. The van der Waals surface area contributed by atoms with Crippen molar-refractivity contribution in [2.75, 3.05) is 0 Å². The number of aromatic nitrogens is 1. The van der Waals surface area contributed by atoms with Gasteiger partial charge < -0.3 is 10.4 Å². The van der Waals surface area contributed by atoms with Crippen LogP contribution in [0.1, 0.15) is 43.9 Å². The molecule has 3 rings (SSSR count).